The van der Waals surface area contributed by atoms with Gasteiger partial charge < -0.3 is 5.32 Å². The van der Waals surface area contributed by atoms with Crippen LogP contribution in [-0.4, -0.2) is 11.9 Å². The molecule has 94 valence electrons. The van der Waals surface area contributed by atoms with Crippen LogP contribution in [-0.2, 0) is 4.79 Å². The molecule has 0 aliphatic carbocycles. The number of hydrogen-bond acceptors (Lipinski definition) is 1. The third-order valence-electron chi connectivity index (χ3n) is 2.83. The number of amides is 1. The molecule has 0 radical (unpaired) electrons. The van der Waals surface area contributed by atoms with Crippen LogP contribution in [0.15, 0.2) is 12.7 Å². The highest BCUT2D eigenvalue weighted by molar-refractivity contribution is 5.87. The van der Waals surface area contributed by atoms with Gasteiger partial charge in [-0.15, -0.1) is 0 Å². The van der Waals surface area contributed by atoms with Gasteiger partial charge in [-0.2, -0.15) is 0 Å². The van der Waals surface area contributed by atoms with E-state index in [1.165, 1.54) is 38.2 Å². The average Bonchev–Trinajstić information content (AvgIpc) is 2.28. The zero-order chi connectivity index (χ0) is 12.2. The van der Waals surface area contributed by atoms with Crippen molar-refractivity contribution < 1.29 is 4.79 Å². The SMILES string of the molecule is C=CC(=O)NC(CCC)CCCCCCC. The van der Waals surface area contributed by atoms with Gasteiger partial charge in [-0.1, -0.05) is 59.0 Å². The summed E-state index contributed by atoms with van der Waals surface area (Å²) in [6.45, 7) is 7.87. The maximum atomic E-state index is 11.2. The highest BCUT2D eigenvalue weighted by Gasteiger charge is 2.08. The summed E-state index contributed by atoms with van der Waals surface area (Å²) in [5.74, 6) is -0.0352. The second kappa shape index (κ2) is 10.7. The standard InChI is InChI=1S/C14H27NO/c1-4-7-8-9-10-12-13(11-5-2)15-14(16)6-3/h6,13H,3-5,7-12H2,1-2H3,(H,15,16). The van der Waals surface area contributed by atoms with Crippen LogP contribution in [0.3, 0.4) is 0 Å². The Morgan fingerprint density at radius 1 is 1.12 bits per heavy atom. The lowest BCUT2D eigenvalue weighted by atomic mass is 10.0. The Hall–Kier alpha value is -0.790. The molecule has 0 fully saturated rings. The van der Waals surface area contributed by atoms with E-state index >= 15 is 0 Å². The number of unbranched alkanes of at least 4 members (excludes halogenated alkanes) is 4. The molecule has 2 heteroatoms. The monoisotopic (exact) mass is 225 g/mol. The van der Waals surface area contributed by atoms with Gasteiger partial charge in [0.15, 0.2) is 0 Å². The lowest BCUT2D eigenvalue weighted by Crippen LogP contribution is -2.33. The van der Waals surface area contributed by atoms with E-state index in [9.17, 15) is 4.79 Å². The van der Waals surface area contributed by atoms with Crippen LogP contribution >= 0.6 is 0 Å². The third kappa shape index (κ3) is 8.51. The Bertz CT molecular complexity index is 189. The maximum Gasteiger partial charge on any atom is 0.243 e. The van der Waals surface area contributed by atoms with E-state index in [0.29, 0.717) is 6.04 Å². The molecule has 16 heavy (non-hydrogen) atoms. The van der Waals surface area contributed by atoms with E-state index in [-0.39, 0.29) is 5.91 Å². The molecule has 0 bridgehead atoms. The Morgan fingerprint density at radius 2 is 1.81 bits per heavy atom. The van der Waals surface area contributed by atoms with Gasteiger partial charge in [-0.05, 0) is 18.9 Å². The molecule has 1 unspecified atom stereocenters. The molecular weight excluding hydrogens is 198 g/mol. The molecule has 0 aromatic heterocycles. The van der Waals surface area contributed by atoms with E-state index in [2.05, 4.69) is 25.7 Å². The molecule has 0 aliphatic rings. The first-order valence-corrected chi connectivity index (χ1v) is 6.67. The molecule has 1 amide bonds. The molecule has 0 aromatic carbocycles. The Balaban J connectivity index is 3.67. The number of hydrogen-bond donors (Lipinski definition) is 1. The quantitative estimate of drug-likeness (QED) is 0.444. The fraction of sp³-hybridized carbons (Fsp3) is 0.786. The van der Waals surface area contributed by atoms with Crippen molar-refractivity contribution in [3.63, 3.8) is 0 Å². The van der Waals surface area contributed by atoms with E-state index in [1.807, 2.05) is 0 Å². The molecule has 0 heterocycles. The van der Waals surface area contributed by atoms with Crippen molar-refractivity contribution in [1.82, 2.24) is 5.32 Å². The molecular formula is C14H27NO. The fourth-order valence-electron chi connectivity index (χ4n) is 1.89. The first-order valence-electron chi connectivity index (χ1n) is 6.67. The van der Waals surface area contributed by atoms with Gasteiger partial charge in [-0.3, -0.25) is 4.79 Å². The first-order chi connectivity index (χ1) is 7.74. The summed E-state index contributed by atoms with van der Waals surface area (Å²) < 4.78 is 0. The summed E-state index contributed by atoms with van der Waals surface area (Å²) in [5, 5.41) is 3.00. The minimum Gasteiger partial charge on any atom is -0.350 e. The Morgan fingerprint density at radius 3 is 2.38 bits per heavy atom. The minimum atomic E-state index is -0.0352. The average molecular weight is 225 g/mol. The molecule has 0 rings (SSSR count). The second-order valence-corrected chi connectivity index (χ2v) is 4.40. The van der Waals surface area contributed by atoms with E-state index in [0.717, 1.165) is 19.3 Å². The highest BCUT2D eigenvalue weighted by atomic mass is 16.1. The van der Waals surface area contributed by atoms with Crippen LogP contribution in [0.2, 0.25) is 0 Å². The fourth-order valence-corrected chi connectivity index (χ4v) is 1.89. The molecule has 2 nitrogen and oxygen atoms in total. The van der Waals surface area contributed by atoms with Crippen LogP contribution < -0.4 is 5.32 Å². The normalized spacial score (nSPS) is 12.1. The largest absolute Gasteiger partial charge is 0.350 e. The van der Waals surface area contributed by atoms with Crippen LogP contribution in [0.1, 0.15) is 65.2 Å². The van der Waals surface area contributed by atoms with E-state index in [4.69, 9.17) is 0 Å². The third-order valence-corrected chi connectivity index (χ3v) is 2.83. The Kier molecular flexibility index (Phi) is 10.2. The van der Waals surface area contributed by atoms with Gasteiger partial charge in [0, 0.05) is 6.04 Å². The number of carbonyl (C=O) groups excluding carboxylic acids is 1. The predicted molar refractivity (Wildman–Crippen MR) is 70.4 cm³/mol. The van der Waals surface area contributed by atoms with Gasteiger partial charge in [0.05, 0.1) is 0 Å². The van der Waals surface area contributed by atoms with Crippen molar-refractivity contribution in [3.8, 4) is 0 Å². The topological polar surface area (TPSA) is 29.1 Å². The summed E-state index contributed by atoms with van der Waals surface area (Å²) in [6.07, 6.45) is 11.1. The van der Waals surface area contributed by atoms with Crippen LogP contribution in [0.5, 0.6) is 0 Å². The van der Waals surface area contributed by atoms with E-state index in [1.54, 1.807) is 0 Å². The molecule has 0 aromatic rings. The predicted octanol–water partition coefficient (Wildman–Crippen LogP) is 3.82. The summed E-state index contributed by atoms with van der Waals surface area (Å²) in [4.78, 5) is 11.2. The highest BCUT2D eigenvalue weighted by Crippen LogP contribution is 2.10. The van der Waals surface area contributed by atoms with Crippen molar-refractivity contribution in [3.05, 3.63) is 12.7 Å². The zero-order valence-corrected chi connectivity index (χ0v) is 10.9. The van der Waals surface area contributed by atoms with Crippen LogP contribution in [0, 0.1) is 0 Å². The summed E-state index contributed by atoms with van der Waals surface area (Å²) in [7, 11) is 0. The molecule has 0 aliphatic heterocycles. The van der Waals surface area contributed by atoms with Crippen molar-refractivity contribution in [2.24, 2.45) is 0 Å². The van der Waals surface area contributed by atoms with Crippen molar-refractivity contribution >= 4 is 5.91 Å². The lowest BCUT2D eigenvalue weighted by Gasteiger charge is -2.16. The molecule has 1 N–H and O–H groups in total. The summed E-state index contributed by atoms with van der Waals surface area (Å²) in [5.41, 5.74) is 0. The smallest absolute Gasteiger partial charge is 0.243 e. The number of nitrogens with one attached hydrogen (secondary N) is 1. The van der Waals surface area contributed by atoms with Crippen LogP contribution in [0.4, 0.5) is 0 Å². The lowest BCUT2D eigenvalue weighted by molar-refractivity contribution is -0.117. The molecule has 0 saturated heterocycles. The first kappa shape index (κ1) is 15.2. The Labute approximate surface area is 101 Å². The van der Waals surface area contributed by atoms with Crippen molar-refractivity contribution in [2.45, 2.75) is 71.3 Å². The molecule has 0 spiro atoms. The summed E-state index contributed by atoms with van der Waals surface area (Å²) >= 11 is 0. The van der Waals surface area contributed by atoms with Gasteiger partial charge in [0.1, 0.15) is 0 Å². The zero-order valence-electron chi connectivity index (χ0n) is 10.9. The number of carbonyl (C=O) groups is 1. The van der Waals surface area contributed by atoms with Gasteiger partial charge in [0.2, 0.25) is 5.91 Å². The van der Waals surface area contributed by atoms with Crippen molar-refractivity contribution in [1.29, 1.82) is 0 Å². The maximum absolute atomic E-state index is 11.2. The van der Waals surface area contributed by atoms with Crippen LogP contribution in [0.25, 0.3) is 0 Å². The summed E-state index contributed by atoms with van der Waals surface area (Å²) in [6, 6.07) is 0.345. The van der Waals surface area contributed by atoms with E-state index < -0.39 is 0 Å². The van der Waals surface area contributed by atoms with Gasteiger partial charge >= 0.3 is 0 Å². The minimum absolute atomic E-state index is 0.0352. The second-order valence-electron chi connectivity index (χ2n) is 4.40. The molecule has 1 atom stereocenters. The van der Waals surface area contributed by atoms with Gasteiger partial charge in [0.25, 0.3) is 0 Å². The molecule has 0 saturated carbocycles. The van der Waals surface area contributed by atoms with Gasteiger partial charge in [-0.25, -0.2) is 0 Å². The number of rotatable bonds is 10. The van der Waals surface area contributed by atoms with Crippen molar-refractivity contribution in [2.75, 3.05) is 0 Å².